The van der Waals surface area contributed by atoms with Gasteiger partial charge in [-0.15, -0.1) is 0 Å². The van der Waals surface area contributed by atoms with Crippen LogP contribution in [0.25, 0.3) is 0 Å². The maximum atomic E-state index is 13.9. The first-order valence-corrected chi connectivity index (χ1v) is 33.0. The number of aliphatic hydroxyl groups excluding tert-OH is 3. The molecule has 3 saturated carbocycles. The van der Waals surface area contributed by atoms with Crippen LogP contribution in [0, 0.1) is 35.5 Å². The third kappa shape index (κ3) is 12.7. The molecule has 0 aromatic heterocycles. The summed E-state index contributed by atoms with van der Waals surface area (Å²) in [5.41, 5.74) is -0.978. The van der Waals surface area contributed by atoms with E-state index in [0.29, 0.717) is 84.0 Å². The Hall–Kier alpha value is -3.29. The lowest BCUT2D eigenvalue weighted by Crippen LogP contribution is -2.64. The van der Waals surface area contributed by atoms with E-state index in [1.165, 1.54) is 16.0 Å². The van der Waals surface area contributed by atoms with Gasteiger partial charge in [0.15, 0.2) is 6.23 Å². The molecule has 21 heteroatoms. The SMILES string of the molecule is CCC(O)CC(CC)CC(=O)OC1CC(CC(C)=CCC2OC2(C)C2C(OC)C(OC(=O)N3CC(C)(O)C3)CC(CC(C)=CCC3OC3(C)C3C(OC)C(OC(=O)N4CCC(O)C4O)CCC34CO4)C23CO3)C2(CO2)C(C2(C)OC2CC=C(C)C)C1OC. The van der Waals surface area contributed by atoms with Crippen LogP contribution in [0.2, 0.25) is 0 Å². The predicted molar refractivity (Wildman–Crippen MR) is 319 cm³/mol. The molecule has 11 fully saturated rings. The summed E-state index contributed by atoms with van der Waals surface area (Å²) < 4.78 is 77.6. The van der Waals surface area contributed by atoms with E-state index in [9.17, 15) is 34.8 Å². The number of rotatable bonds is 25. The van der Waals surface area contributed by atoms with E-state index in [1.54, 1.807) is 28.3 Å². The Labute approximate surface area is 520 Å². The molecular formula is C67H104N2O19. The number of methoxy groups -OCH3 is 3. The van der Waals surface area contributed by atoms with Crippen LogP contribution in [0.3, 0.4) is 0 Å². The number of esters is 1. The molecule has 8 heterocycles. The highest BCUT2D eigenvalue weighted by Crippen LogP contribution is 2.65. The largest absolute Gasteiger partial charge is 0.460 e. The van der Waals surface area contributed by atoms with Crippen LogP contribution in [0.5, 0.6) is 0 Å². The third-order valence-corrected chi connectivity index (χ3v) is 23.1. The van der Waals surface area contributed by atoms with Crippen LogP contribution >= 0.6 is 0 Å². The number of ether oxygens (including phenoxy) is 12. The van der Waals surface area contributed by atoms with Crippen molar-refractivity contribution in [1.82, 2.24) is 9.80 Å². The number of nitrogens with zero attached hydrogens (tertiary/aromatic N) is 2. The standard InChI is InChI=1S/C67H104N2O19/c1-14-40(28-43(70)15-2)29-51(72)83-46-30-41(66(35-81-66)56(53(46)78-12)63(9)48(87-63)19-16-37(3)4)26-39(6)18-21-50-64(10,88-50)57-54(79-13)47(85-59(74)68-32-61(7,76)33-68)31-42(67(57)36-82-67)27-38(5)17-20-49-62(8,86-49)55-52(77-11)45(22-24-65(55)34-80-65)84-60(75)69-25-23-44(71)58(69)73/h16-18,40-50,52-58,70-71,73,76H,14-15,19-36H2,1-13H3. The first-order chi connectivity index (χ1) is 41.7. The molecule has 496 valence electrons. The summed E-state index contributed by atoms with van der Waals surface area (Å²) in [7, 11) is 4.98. The smallest absolute Gasteiger partial charge is 0.412 e. The van der Waals surface area contributed by atoms with E-state index in [4.69, 9.17) is 56.8 Å². The number of β-amino-alcohol motifs (C(OH)–C–C–N with tert-alkyl or cyclic N) is 1. The maximum absolute atomic E-state index is 13.9. The first-order valence-electron chi connectivity index (χ1n) is 33.0. The van der Waals surface area contributed by atoms with Gasteiger partial charge in [-0.2, -0.15) is 0 Å². The van der Waals surface area contributed by atoms with Crippen molar-refractivity contribution in [2.45, 2.75) is 272 Å². The minimum absolute atomic E-state index is 0.00346. The van der Waals surface area contributed by atoms with Gasteiger partial charge < -0.3 is 82.2 Å². The summed E-state index contributed by atoms with van der Waals surface area (Å²) in [5.74, 6) is -1.10. The highest BCUT2D eigenvalue weighted by Gasteiger charge is 2.77. The molecule has 0 aromatic rings. The van der Waals surface area contributed by atoms with E-state index in [0.717, 1.165) is 23.3 Å². The zero-order valence-corrected chi connectivity index (χ0v) is 54.6. The number of hydrogen-bond acceptors (Lipinski definition) is 19. The van der Waals surface area contributed by atoms with E-state index in [2.05, 4.69) is 66.7 Å². The number of aliphatic hydroxyl groups is 4. The summed E-state index contributed by atoms with van der Waals surface area (Å²) >= 11 is 0. The maximum Gasteiger partial charge on any atom is 0.412 e. The molecule has 21 nitrogen and oxygen atoms in total. The monoisotopic (exact) mass is 1240 g/mol. The van der Waals surface area contributed by atoms with Gasteiger partial charge in [-0.1, -0.05) is 55.2 Å². The number of carbonyl (C=O) groups is 3. The van der Waals surface area contributed by atoms with Crippen molar-refractivity contribution in [1.29, 1.82) is 0 Å². The molecule has 24 unspecified atom stereocenters. The number of carbonyl (C=O) groups excluding carboxylic acids is 3. The fourth-order valence-electron chi connectivity index (χ4n) is 17.6. The Morgan fingerprint density at radius 1 is 0.636 bits per heavy atom. The van der Waals surface area contributed by atoms with Crippen molar-refractivity contribution in [2.75, 3.05) is 60.8 Å². The average molecular weight is 1240 g/mol. The molecule has 11 aliphatic rings. The van der Waals surface area contributed by atoms with Gasteiger partial charge in [-0.25, -0.2) is 9.59 Å². The lowest BCUT2D eigenvalue weighted by atomic mass is 9.62. The van der Waals surface area contributed by atoms with Crippen LogP contribution in [0.15, 0.2) is 34.9 Å². The van der Waals surface area contributed by atoms with Crippen LogP contribution in [0.4, 0.5) is 9.59 Å². The summed E-state index contributed by atoms with van der Waals surface area (Å²) in [6.45, 7) is 22.7. The van der Waals surface area contributed by atoms with Gasteiger partial charge in [0.1, 0.15) is 76.3 Å². The van der Waals surface area contributed by atoms with Crippen molar-refractivity contribution < 1.29 is 91.7 Å². The zero-order chi connectivity index (χ0) is 63.3. The van der Waals surface area contributed by atoms with E-state index < -0.39 is 106 Å². The Balaban J connectivity index is 0.787. The van der Waals surface area contributed by atoms with Gasteiger partial charge in [-0.05, 0) is 150 Å². The number of likely N-dealkylation sites (tertiary alicyclic amines) is 2. The number of allylic oxidation sites excluding steroid dienone is 3. The molecule has 3 spiro atoms. The summed E-state index contributed by atoms with van der Waals surface area (Å²) in [5, 5.41) is 41.7. The molecular weight excluding hydrogens is 1140 g/mol. The number of hydrogen-bond donors (Lipinski definition) is 4. The lowest BCUT2D eigenvalue weighted by molar-refractivity contribution is -0.179. The van der Waals surface area contributed by atoms with E-state index in [1.807, 2.05) is 13.8 Å². The predicted octanol–water partition coefficient (Wildman–Crippen LogP) is 7.25. The van der Waals surface area contributed by atoms with Gasteiger partial charge in [0.2, 0.25) is 0 Å². The van der Waals surface area contributed by atoms with Gasteiger partial charge >= 0.3 is 18.2 Å². The fourth-order valence-corrected chi connectivity index (χ4v) is 17.6. The van der Waals surface area contributed by atoms with E-state index in [-0.39, 0.29) is 92.3 Å². The quantitative estimate of drug-likeness (QED) is 0.0303. The second kappa shape index (κ2) is 24.9. The van der Waals surface area contributed by atoms with Gasteiger partial charge in [0, 0.05) is 34.3 Å². The molecule has 0 radical (unpaired) electrons. The number of amides is 2. The molecule has 8 saturated heterocycles. The molecule has 88 heavy (non-hydrogen) atoms. The Morgan fingerprint density at radius 3 is 1.55 bits per heavy atom. The van der Waals surface area contributed by atoms with Crippen LogP contribution < -0.4 is 0 Å². The van der Waals surface area contributed by atoms with E-state index >= 15 is 0 Å². The Bertz CT molecular complexity index is 2640. The second-order valence-electron chi connectivity index (χ2n) is 29.6. The highest BCUT2D eigenvalue weighted by molar-refractivity contribution is 5.70. The second-order valence-corrected chi connectivity index (χ2v) is 29.6. The molecule has 8 aliphatic heterocycles. The Morgan fingerprint density at radius 2 is 1.11 bits per heavy atom. The third-order valence-electron chi connectivity index (χ3n) is 23.1. The topological polar surface area (TPSA) is 269 Å². The molecule has 0 bridgehead atoms. The molecule has 4 N–H and O–H groups in total. The van der Waals surface area contributed by atoms with Crippen molar-refractivity contribution in [3.63, 3.8) is 0 Å². The molecule has 3 aliphatic carbocycles. The van der Waals surface area contributed by atoms with Crippen LogP contribution in [-0.2, 0) is 61.6 Å². The summed E-state index contributed by atoms with van der Waals surface area (Å²) in [6, 6.07) is 0. The summed E-state index contributed by atoms with van der Waals surface area (Å²) in [6.07, 6.45) is 7.05. The van der Waals surface area contributed by atoms with Gasteiger partial charge in [0.05, 0.1) is 80.7 Å². The van der Waals surface area contributed by atoms with Crippen molar-refractivity contribution in [3.8, 4) is 0 Å². The average Bonchev–Trinajstić information content (AvgIpc) is 1.55. The fraction of sp³-hybridized carbons (Fsp3) is 0.866. The molecule has 2 amide bonds. The molecule has 0 aromatic carbocycles. The summed E-state index contributed by atoms with van der Waals surface area (Å²) in [4.78, 5) is 43.8. The Kier molecular flexibility index (Phi) is 18.7. The normalized spacial score (nSPS) is 45.1. The minimum Gasteiger partial charge on any atom is -0.460 e. The van der Waals surface area contributed by atoms with Crippen molar-refractivity contribution >= 4 is 18.2 Å². The van der Waals surface area contributed by atoms with Gasteiger partial charge in [-0.3, -0.25) is 9.69 Å². The lowest BCUT2D eigenvalue weighted by Gasteiger charge is -2.48. The van der Waals surface area contributed by atoms with Gasteiger partial charge in [0.25, 0.3) is 0 Å². The highest BCUT2D eigenvalue weighted by atomic mass is 16.7. The molecule has 24 atom stereocenters. The zero-order valence-electron chi connectivity index (χ0n) is 54.6. The van der Waals surface area contributed by atoms with Crippen LogP contribution in [0.1, 0.15) is 159 Å². The van der Waals surface area contributed by atoms with Crippen molar-refractivity contribution in [3.05, 3.63) is 34.9 Å². The first kappa shape index (κ1) is 66.2. The van der Waals surface area contributed by atoms with Crippen LogP contribution in [-0.4, -0.2) is 222 Å². The minimum atomic E-state index is -1.32. The van der Waals surface area contributed by atoms with Crippen molar-refractivity contribution in [2.24, 2.45) is 35.5 Å². The molecule has 11 rings (SSSR count). The number of epoxide rings is 6.